The minimum Gasteiger partial charge on any atom is -0.312 e. The third-order valence-corrected chi connectivity index (χ3v) is 4.41. The highest BCUT2D eigenvalue weighted by Gasteiger charge is 2.33. The van der Waals surface area contributed by atoms with Crippen LogP contribution in [0.2, 0.25) is 0 Å². The van der Waals surface area contributed by atoms with Crippen LogP contribution in [0.4, 0.5) is 0 Å². The Hall–Kier alpha value is -0.120. The lowest BCUT2D eigenvalue weighted by Gasteiger charge is -2.43. The number of nitrogens with one attached hydrogen (secondary N) is 1. The van der Waals surface area contributed by atoms with Gasteiger partial charge < -0.3 is 10.2 Å². The molecule has 0 saturated carbocycles. The van der Waals surface area contributed by atoms with Crippen molar-refractivity contribution in [3.63, 3.8) is 0 Å². The third kappa shape index (κ3) is 4.52. The lowest BCUT2D eigenvalue weighted by Crippen LogP contribution is -2.55. The Morgan fingerprint density at radius 3 is 2.50 bits per heavy atom. The van der Waals surface area contributed by atoms with Gasteiger partial charge in [-0.25, -0.2) is 0 Å². The van der Waals surface area contributed by atoms with E-state index in [1.54, 1.807) is 0 Å². The maximum Gasteiger partial charge on any atom is 0.0246 e. The molecule has 18 heavy (non-hydrogen) atoms. The molecule has 1 rings (SSSR count). The zero-order chi connectivity index (χ0) is 13.8. The van der Waals surface area contributed by atoms with Crippen molar-refractivity contribution in [1.29, 1.82) is 0 Å². The Bertz CT molecular complexity index is 238. The van der Waals surface area contributed by atoms with E-state index in [-0.39, 0.29) is 0 Å². The number of likely N-dealkylation sites (N-methyl/N-ethyl adjacent to an activating group) is 2. The Labute approximate surface area is 114 Å². The van der Waals surface area contributed by atoms with Crippen LogP contribution in [0, 0.1) is 5.41 Å². The SMILES string of the molecule is CCN(CC1NCCCC1(C)C)C(C)CN(C)C. The van der Waals surface area contributed by atoms with Gasteiger partial charge in [-0.3, -0.25) is 4.90 Å². The van der Waals surface area contributed by atoms with Gasteiger partial charge in [0.2, 0.25) is 0 Å². The molecule has 1 heterocycles. The fourth-order valence-electron chi connectivity index (χ4n) is 3.08. The minimum absolute atomic E-state index is 0.434. The van der Waals surface area contributed by atoms with E-state index >= 15 is 0 Å². The normalized spacial score (nSPS) is 25.7. The molecule has 1 fully saturated rings. The summed E-state index contributed by atoms with van der Waals surface area (Å²) in [7, 11) is 4.32. The van der Waals surface area contributed by atoms with E-state index in [1.807, 2.05) is 0 Å². The Kier molecular flexibility index (Phi) is 6.09. The van der Waals surface area contributed by atoms with Crippen molar-refractivity contribution in [2.24, 2.45) is 5.41 Å². The molecule has 1 aliphatic rings. The first-order chi connectivity index (χ1) is 8.36. The van der Waals surface area contributed by atoms with E-state index in [9.17, 15) is 0 Å². The first-order valence-electron chi connectivity index (χ1n) is 7.49. The summed E-state index contributed by atoms with van der Waals surface area (Å²) in [6.07, 6.45) is 2.67. The van der Waals surface area contributed by atoms with Gasteiger partial charge in [0, 0.05) is 25.2 Å². The van der Waals surface area contributed by atoms with E-state index in [0.29, 0.717) is 17.5 Å². The highest BCUT2D eigenvalue weighted by molar-refractivity contribution is 4.91. The molecule has 0 spiro atoms. The van der Waals surface area contributed by atoms with Gasteiger partial charge in [0.05, 0.1) is 0 Å². The molecule has 0 aliphatic carbocycles. The molecular weight excluding hydrogens is 222 g/mol. The topological polar surface area (TPSA) is 18.5 Å². The van der Waals surface area contributed by atoms with Crippen LogP contribution in [0.3, 0.4) is 0 Å². The molecule has 0 aromatic rings. The van der Waals surface area contributed by atoms with Crippen molar-refractivity contribution in [3.05, 3.63) is 0 Å². The summed E-state index contributed by atoms with van der Waals surface area (Å²) in [5.74, 6) is 0. The maximum absolute atomic E-state index is 3.73. The number of hydrogen-bond donors (Lipinski definition) is 1. The monoisotopic (exact) mass is 255 g/mol. The second kappa shape index (κ2) is 6.88. The van der Waals surface area contributed by atoms with Gasteiger partial charge in [0.25, 0.3) is 0 Å². The molecule has 3 nitrogen and oxygen atoms in total. The fourth-order valence-corrected chi connectivity index (χ4v) is 3.08. The van der Waals surface area contributed by atoms with Crippen LogP contribution in [0.1, 0.15) is 40.5 Å². The first-order valence-corrected chi connectivity index (χ1v) is 7.49. The lowest BCUT2D eigenvalue weighted by atomic mass is 9.77. The number of piperidine rings is 1. The van der Waals surface area contributed by atoms with Crippen LogP contribution in [0.25, 0.3) is 0 Å². The summed E-state index contributed by atoms with van der Waals surface area (Å²) in [5, 5.41) is 3.73. The van der Waals surface area contributed by atoms with Gasteiger partial charge in [-0.1, -0.05) is 20.8 Å². The van der Waals surface area contributed by atoms with Gasteiger partial charge in [-0.15, -0.1) is 0 Å². The van der Waals surface area contributed by atoms with Crippen LogP contribution in [0.15, 0.2) is 0 Å². The lowest BCUT2D eigenvalue weighted by molar-refractivity contribution is 0.0997. The highest BCUT2D eigenvalue weighted by Crippen LogP contribution is 2.30. The van der Waals surface area contributed by atoms with Crippen LogP contribution >= 0.6 is 0 Å². The van der Waals surface area contributed by atoms with E-state index in [0.717, 1.165) is 13.1 Å². The van der Waals surface area contributed by atoms with Crippen molar-refractivity contribution in [1.82, 2.24) is 15.1 Å². The third-order valence-electron chi connectivity index (χ3n) is 4.41. The number of hydrogen-bond acceptors (Lipinski definition) is 3. The summed E-state index contributed by atoms with van der Waals surface area (Å²) < 4.78 is 0. The first kappa shape index (κ1) is 15.9. The zero-order valence-corrected chi connectivity index (χ0v) is 13.3. The quantitative estimate of drug-likeness (QED) is 0.783. The maximum atomic E-state index is 3.73. The Morgan fingerprint density at radius 2 is 2.00 bits per heavy atom. The van der Waals surface area contributed by atoms with Gasteiger partial charge in [0.1, 0.15) is 0 Å². The van der Waals surface area contributed by atoms with Crippen LogP contribution in [-0.2, 0) is 0 Å². The molecule has 2 unspecified atom stereocenters. The van der Waals surface area contributed by atoms with Crippen molar-refractivity contribution in [2.75, 3.05) is 40.3 Å². The molecule has 0 bridgehead atoms. The smallest absolute Gasteiger partial charge is 0.0246 e. The minimum atomic E-state index is 0.434. The molecule has 0 aromatic carbocycles. The average Bonchev–Trinajstić information content (AvgIpc) is 2.26. The molecular formula is C15H33N3. The summed E-state index contributed by atoms with van der Waals surface area (Å²) in [6, 6.07) is 1.26. The van der Waals surface area contributed by atoms with Crippen molar-refractivity contribution in [3.8, 4) is 0 Å². The predicted molar refractivity (Wildman–Crippen MR) is 80.1 cm³/mol. The fraction of sp³-hybridized carbons (Fsp3) is 1.00. The second-order valence-corrected chi connectivity index (χ2v) is 6.80. The van der Waals surface area contributed by atoms with Crippen LogP contribution < -0.4 is 5.32 Å². The summed E-state index contributed by atoms with van der Waals surface area (Å²) in [5.41, 5.74) is 0.434. The predicted octanol–water partition coefficient (Wildman–Crippen LogP) is 2.04. The molecule has 108 valence electrons. The molecule has 2 atom stereocenters. The molecule has 3 heteroatoms. The van der Waals surface area contributed by atoms with E-state index in [1.165, 1.54) is 25.9 Å². The van der Waals surface area contributed by atoms with Crippen LogP contribution in [-0.4, -0.2) is 62.2 Å². The van der Waals surface area contributed by atoms with Crippen molar-refractivity contribution in [2.45, 2.75) is 52.6 Å². The van der Waals surface area contributed by atoms with Crippen molar-refractivity contribution < 1.29 is 0 Å². The molecule has 0 amide bonds. The van der Waals surface area contributed by atoms with Gasteiger partial charge in [-0.2, -0.15) is 0 Å². The van der Waals surface area contributed by atoms with Crippen LogP contribution in [0.5, 0.6) is 0 Å². The number of nitrogens with zero attached hydrogens (tertiary/aromatic N) is 2. The standard InChI is InChI=1S/C15H33N3/c1-7-18(13(2)11-17(5)6)12-14-15(3,4)9-8-10-16-14/h13-14,16H,7-12H2,1-6H3. The molecule has 0 radical (unpaired) electrons. The molecule has 0 aromatic heterocycles. The molecule has 1 N–H and O–H groups in total. The Morgan fingerprint density at radius 1 is 1.33 bits per heavy atom. The zero-order valence-electron chi connectivity index (χ0n) is 13.3. The average molecular weight is 255 g/mol. The summed E-state index contributed by atoms with van der Waals surface area (Å²) in [4.78, 5) is 4.90. The largest absolute Gasteiger partial charge is 0.312 e. The Balaban J connectivity index is 2.56. The van der Waals surface area contributed by atoms with Gasteiger partial charge in [0.15, 0.2) is 0 Å². The highest BCUT2D eigenvalue weighted by atomic mass is 15.2. The number of rotatable bonds is 6. The summed E-state index contributed by atoms with van der Waals surface area (Å²) >= 11 is 0. The van der Waals surface area contributed by atoms with Crippen molar-refractivity contribution >= 4 is 0 Å². The molecule has 1 aliphatic heterocycles. The van der Waals surface area contributed by atoms with Gasteiger partial charge >= 0.3 is 0 Å². The van der Waals surface area contributed by atoms with Gasteiger partial charge in [-0.05, 0) is 52.4 Å². The second-order valence-electron chi connectivity index (χ2n) is 6.80. The van der Waals surface area contributed by atoms with E-state index < -0.39 is 0 Å². The van der Waals surface area contributed by atoms with E-state index in [4.69, 9.17) is 0 Å². The molecule has 1 saturated heterocycles. The van der Waals surface area contributed by atoms with E-state index in [2.05, 4.69) is 56.9 Å². The summed E-state index contributed by atoms with van der Waals surface area (Å²) in [6.45, 7) is 14.1.